The van der Waals surface area contributed by atoms with Gasteiger partial charge in [-0.1, -0.05) is 0 Å². The van der Waals surface area contributed by atoms with Crippen molar-refractivity contribution in [2.75, 3.05) is 32.8 Å². The van der Waals surface area contributed by atoms with Crippen LogP contribution in [0.4, 0.5) is 4.79 Å². The van der Waals surface area contributed by atoms with Gasteiger partial charge >= 0.3 is 6.09 Å². The average molecular weight is 188 g/mol. The molecule has 2 N–H and O–H groups in total. The quantitative estimate of drug-likeness (QED) is 0.622. The highest BCUT2D eigenvalue weighted by molar-refractivity contribution is 5.65. The maximum atomic E-state index is 10.7. The molecule has 1 atom stereocenters. The number of rotatable bonds is 2. The van der Waals surface area contributed by atoms with Crippen LogP contribution in [0.15, 0.2) is 0 Å². The Kier molecular flexibility index (Phi) is 3.50. The van der Waals surface area contributed by atoms with E-state index in [4.69, 9.17) is 10.2 Å². The molecule has 1 aliphatic rings. The van der Waals surface area contributed by atoms with Gasteiger partial charge in [0.25, 0.3) is 0 Å². The lowest BCUT2D eigenvalue weighted by Gasteiger charge is -2.37. The van der Waals surface area contributed by atoms with Crippen LogP contribution < -0.4 is 0 Å². The lowest BCUT2D eigenvalue weighted by atomic mass is 10.2. The molecule has 5 nitrogen and oxygen atoms in total. The second kappa shape index (κ2) is 4.43. The SMILES string of the molecule is CC1CN(CCO)CCN1C(=O)O. The first-order chi connectivity index (χ1) is 6.15. The summed E-state index contributed by atoms with van der Waals surface area (Å²) in [7, 11) is 0. The fraction of sp³-hybridized carbons (Fsp3) is 0.875. The minimum absolute atomic E-state index is 0.0257. The summed E-state index contributed by atoms with van der Waals surface area (Å²) in [4.78, 5) is 14.2. The first-order valence-electron chi connectivity index (χ1n) is 4.48. The van der Waals surface area contributed by atoms with Crippen LogP contribution in [0.2, 0.25) is 0 Å². The van der Waals surface area contributed by atoms with E-state index in [1.165, 1.54) is 4.90 Å². The predicted molar refractivity (Wildman–Crippen MR) is 47.7 cm³/mol. The third kappa shape index (κ3) is 2.57. The molecule has 0 aromatic carbocycles. The molecule has 1 saturated heterocycles. The van der Waals surface area contributed by atoms with Crippen molar-refractivity contribution < 1.29 is 15.0 Å². The van der Waals surface area contributed by atoms with E-state index in [2.05, 4.69) is 4.90 Å². The van der Waals surface area contributed by atoms with Gasteiger partial charge < -0.3 is 15.1 Å². The summed E-state index contributed by atoms with van der Waals surface area (Å²) in [6, 6.07) is 0.0257. The molecule has 76 valence electrons. The van der Waals surface area contributed by atoms with Gasteiger partial charge in [-0.05, 0) is 6.92 Å². The van der Waals surface area contributed by atoms with E-state index in [0.29, 0.717) is 19.6 Å². The second-order valence-corrected chi connectivity index (χ2v) is 3.35. The molecule has 1 fully saturated rings. The highest BCUT2D eigenvalue weighted by Gasteiger charge is 2.26. The lowest BCUT2D eigenvalue weighted by molar-refractivity contribution is 0.0663. The zero-order valence-corrected chi connectivity index (χ0v) is 7.81. The molecule has 1 unspecified atom stereocenters. The van der Waals surface area contributed by atoms with E-state index in [1.807, 2.05) is 6.92 Å². The van der Waals surface area contributed by atoms with Crippen LogP contribution in [0.5, 0.6) is 0 Å². The molecule has 0 bridgehead atoms. The van der Waals surface area contributed by atoms with E-state index in [0.717, 1.165) is 6.54 Å². The third-order valence-corrected chi connectivity index (χ3v) is 2.37. The Morgan fingerprint density at radius 1 is 1.54 bits per heavy atom. The van der Waals surface area contributed by atoms with Crippen molar-refractivity contribution in [3.63, 3.8) is 0 Å². The smallest absolute Gasteiger partial charge is 0.407 e. The number of amides is 1. The van der Waals surface area contributed by atoms with Crippen LogP contribution in [0.1, 0.15) is 6.92 Å². The minimum atomic E-state index is -0.851. The molecule has 1 heterocycles. The summed E-state index contributed by atoms with van der Waals surface area (Å²) in [5.41, 5.74) is 0. The van der Waals surface area contributed by atoms with Gasteiger partial charge in [-0.25, -0.2) is 4.79 Å². The number of piperazine rings is 1. The van der Waals surface area contributed by atoms with Crippen molar-refractivity contribution in [2.45, 2.75) is 13.0 Å². The Bertz CT molecular complexity index is 186. The standard InChI is InChI=1S/C8H16N2O3/c1-7-6-9(4-5-11)2-3-10(7)8(12)13/h7,11H,2-6H2,1H3,(H,12,13). The van der Waals surface area contributed by atoms with E-state index < -0.39 is 6.09 Å². The van der Waals surface area contributed by atoms with E-state index in [9.17, 15) is 4.79 Å². The molecule has 0 aliphatic carbocycles. The zero-order chi connectivity index (χ0) is 9.84. The summed E-state index contributed by atoms with van der Waals surface area (Å²) in [6.07, 6.45) is -0.851. The number of nitrogens with zero attached hydrogens (tertiary/aromatic N) is 2. The van der Waals surface area contributed by atoms with Gasteiger partial charge in [0.2, 0.25) is 0 Å². The van der Waals surface area contributed by atoms with Crippen LogP contribution in [0.25, 0.3) is 0 Å². The Hall–Kier alpha value is -0.810. The average Bonchev–Trinajstić information content (AvgIpc) is 2.04. The number of aliphatic hydroxyl groups excluding tert-OH is 1. The summed E-state index contributed by atoms with van der Waals surface area (Å²) in [5.74, 6) is 0. The number of carbonyl (C=O) groups is 1. The number of hydrogen-bond acceptors (Lipinski definition) is 3. The zero-order valence-electron chi connectivity index (χ0n) is 7.81. The molecule has 0 spiro atoms. The highest BCUT2D eigenvalue weighted by atomic mass is 16.4. The Morgan fingerprint density at radius 2 is 2.23 bits per heavy atom. The van der Waals surface area contributed by atoms with Gasteiger partial charge in [0.05, 0.1) is 6.61 Å². The third-order valence-electron chi connectivity index (χ3n) is 2.37. The summed E-state index contributed by atoms with van der Waals surface area (Å²) in [5, 5.41) is 17.5. The largest absolute Gasteiger partial charge is 0.465 e. The van der Waals surface area contributed by atoms with Crippen molar-refractivity contribution in [3.05, 3.63) is 0 Å². The van der Waals surface area contributed by atoms with E-state index in [-0.39, 0.29) is 12.6 Å². The minimum Gasteiger partial charge on any atom is -0.465 e. The normalized spacial score (nSPS) is 24.8. The Labute approximate surface area is 77.6 Å². The molecule has 1 amide bonds. The van der Waals surface area contributed by atoms with Gasteiger partial charge in [0.15, 0.2) is 0 Å². The maximum Gasteiger partial charge on any atom is 0.407 e. The maximum absolute atomic E-state index is 10.7. The van der Waals surface area contributed by atoms with Crippen molar-refractivity contribution in [2.24, 2.45) is 0 Å². The van der Waals surface area contributed by atoms with E-state index in [1.54, 1.807) is 0 Å². The van der Waals surface area contributed by atoms with Gasteiger partial charge in [-0.2, -0.15) is 0 Å². The number of hydrogen-bond donors (Lipinski definition) is 2. The van der Waals surface area contributed by atoms with Gasteiger partial charge in [0.1, 0.15) is 0 Å². The van der Waals surface area contributed by atoms with Crippen LogP contribution in [-0.2, 0) is 0 Å². The second-order valence-electron chi connectivity index (χ2n) is 3.35. The van der Waals surface area contributed by atoms with Crippen LogP contribution in [0, 0.1) is 0 Å². The molecule has 0 aromatic rings. The topological polar surface area (TPSA) is 64.0 Å². The summed E-state index contributed by atoms with van der Waals surface area (Å²) >= 11 is 0. The molecule has 0 saturated carbocycles. The van der Waals surface area contributed by atoms with Gasteiger partial charge in [-0.3, -0.25) is 4.90 Å². The molecular formula is C8H16N2O3. The summed E-state index contributed by atoms with van der Waals surface area (Å²) < 4.78 is 0. The van der Waals surface area contributed by atoms with Gasteiger partial charge in [-0.15, -0.1) is 0 Å². The lowest BCUT2D eigenvalue weighted by Crippen LogP contribution is -2.54. The van der Waals surface area contributed by atoms with Crippen molar-refractivity contribution in [3.8, 4) is 0 Å². The van der Waals surface area contributed by atoms with Crippen molar-refractivity contribution >= 4 is 6.09 Å². The van der Waals surface area contributed by atoms with Crippen LogP contribution in [0.3, 0.4) is 0 Å². The first-order valence-corrected chi connectivity index (χ1v) is 4.48. The molecule has 0 aromatic heterocycles. The van der Waals surface area contributed by atoms with Crippen molar-refractivity contribution in [1.82, 2.24) is 9.80 Å². The molecular weight excluding hydrogens is 172 g/mol. The summed E-state index contributed by atoms with van der Waals surface area (Å²) in [6.45, 7) is 4.63. The van der Waals surface area contributed by atoms with Crippen LogP contribution in [-0.4, -0.2) is 64.9 Å². The predicted octanol–water partition coefficient (Wildman–Crippen LogP) is -0.337. The molecule has 1 aliphatic heterocycles. The number of β-amino-alcohol motifs (C(OH)–C–C–N with tert-alkyl or cyclic N) is 1. The fourth-order valence-corrected chi connectivity index (χ4v) is 1.66. The van der Waals surface area contributed by atoms with Crippen molar-refractivity contribution in [1.29, 1.82) is 0 Å². The number of aliphatic hydroxyl groups is 1. The molecule has 13 heavy (non-hydrogen) atoms. The first kappa shape index (κ1) is 10.3. The monoisotopic (exact) mass is 188 g/mol. The number of carboxylic acid groups (broad SMARTS) is 1. The Balaban J connectivity index is 2.42. The van der Waals surface area contributed by atoms with Gasteiger partial charge in [0, 0.05) is 32.2 Å². The Morgan fingerprint density at radius 3 is 2.69 bits per heavy atom. The highest BCUT2D eigenvalue weighted by Crippen LogP contribution is 2.08. The molecule has 0 radical (unpaired) electrons. The molecule has 5 heteroatoms. The fourth-order valence-electron chi connectivity index (χ4n) is 1.66. The van der Waals surface area contributed by atoms with E-state index >= 15 is 0 Å². The van der Waals surface area contributed by atoms with Crippen LogP contribution >= 0.6 is 0 Å². The molecule has 1 rings (SSSR count).